The molecular weight excluding hydrogens is 231 g/mol. The molecule has 1 saturated carbocycles. The second-order valence-corrected chi connectivity index (χ2v) is 4.91. The highest BCUT2D eigenvalue weighted by molar-refractivity contribution is 6.08. The van der Waals surface area contributed by atoms with Gasteiger partial charge in [0, 0.05) is 11.5 Å². The van der Waals surface area contributed by atoms with Crippen molar-refractivity contribution in [1.29, 1.82) is 0 Å². The molecule has 3 heteroatoms. The SMILES string of the molecule is O=C(CC(=O)C1CCCCC1)c1ccc(F)cc1. The first kappa shape index (κ1) is 12.9. The average Bonchev–Trinajstić information content (AvgIpc) is 2.40. The van der Waals surface area contributed by atoms with Gasteiger partial charge in [-0.15, -0.1) is 0 Å². The van der Waals surface area contributed by atoms with E-state index < -0.39 is 0 Å². The third-order valence-corrected chi connectivity index (χ3v) is 3.56. The number of carbonyl (C=O) groups excluding carboxylic acids is 2. The van der Waals surface area contributed by atoms with Crippen LogP contribution in [0, 0.1) is 11.7 Å². The lowest BCUT2D eigenvalue weighted by Crippen LogP contribution is -2.20. The van der Waals surface area contributed by atoms with Crippen molar-refractivity contribution >= 4 is 11.6 Å². The molecule has 1 aromatic carbocycles. The highest BCUT2D eigenvalue weighted by Crippen LogP contribution is 2.25. The summed E-state index contributed by atoms with van der Waals surface area (Å²) >= 11 is 0. The van der Waals surface area contributed by atoms with Gasteiger partial charge in [-0.05, 0) is 37.1 Å². The van der Waals surface area contributed by atoms with Crippen LogP contribution in [0.2, 0.25) is 0 Å². The van der Waals surface area contributed by atoms with Crippen molar-refractivity contribution < 1.29 is 14.0 Å². The maximum Gasteiger partial charge on any atom is 0.170 e. The topological polar surface area (TPSA) is 34.1 Å². The molecule has 0 atom stereocenters. The maximum atomic E-state index is 12.7. The fourth-order valence-corrected chi connectivity index (χ4v) is 2.46. The zero-order valence-electron chi connectivity index (χ0n) is 10.3. The monoisotopic (exact) mass is 248 g/mol. The van der Waals surface area contributed by atoms with Crippen LogP contribution in [0.5, 0.6) is 0 Å². The predicted octanol–water partition coefficient (Wildman–Crippen LogP) is 3.55. The van der Waals surface area contributed by atoms with Crippen LogP contribution in [0.4, 0.5) is 4.39 Å². The summed E-state index contributed by atoms with van der Waals surface area (Å²) in [5.41, 5.74) is 0.417. The summed E-state index contributed by atoms with van der Waals surface area (Å²) in [5, 5.41) is 0. The summed E-state index contributed by atoms with van der Waals surface area (Å²) in [6.07, 6.45) is 5.14. The van der Waals surface area contributed by atoms with Crippen LogP contribution >= 0.6 is 0 Å². The van der Waals surface area contributed by atoms with Crippen molar-refractivity contribution in [1.82, 2.24) is 0 Å². The van der Waals surface area contributed by atoms with E-state index in [2.05, 4.69) is 0 Å². The minimum atomic E-state index is -0.370. The Bertz CT molecular complexity index is 430. The molecule has 1 aromatic rings. The van der Waals surface area contributed by atoms with Gasteiger partial charge in [0.2, 0.25) is 0 Å². The fourth-order valence-electron chi connectivity index (χ4n) is 2.46. The molecule has 2 rings (SSSR count). The van der Waals surface area contributed by atoms with Gasteiger partial charge in [-0.25, -0.2) is 4.39 Å². The second kappa shape index (κ2) is 5.89. The van der Waals surface area contributed by atoms with E-state index >= 15 is 0 Å². The molecule has 0 aliphatic heterocycles. The molecule has 0 saturated heterocycles. The minimum Gasteiger partial charge on any atom is -0.299 e. The van der Waals surface area contributed by atoms with Gasteiger partial charge in [0.1, 0.15) is 11.6 Å². The second-order valence-electron chi connectivity index (χ2n) is 4.91. The lowest BCUT2D eigenvalue weighted by atomic mass is 9.84. The zero-order valence-corrected chi connectivity index (χ0v) is 10.3. The molecule has 1 aliphatic rings. The van der Waals surface area contributed by atoms with E-state index in [1.165, 1.54) is 30.7 Å². The van der Waals surface area contributed by atoms with Gasteiger partial charge in [-0.2, -0.15) is 0 Å². The van der Waals surface area contributed by atoms with Crippen LogP contribution in [0.15, 0.2) is 24.3 Å². The molecule has 96 valence electrons. The van der Waals surface area contributed by atoms with Crippen molar-refractivity contribution in [3.8, 4) is 0 Å². The molecule has 0 radical (unpaired) electrons. The van der Waals surface area contributed by atoms with Crippen LogP contribution in [-0.4, -0.2) is 11.6 Å². The number of ketones is 2. The first-order valence-electron chi connectivity index (χ1n) is 6.48. The Kier molecular flexibility index (Phi) is 4.24. The van der Waals surface area contributed by atoms with Crippen LogP contribution in [0.3, 0.4) is 0 Å². The number of hydrogen-bond acceptors (Lipinski definition) is 2. The number of hydrogen-bond donors (Lipinski definition) is 0. The van der Waals surface area contributed by atoms with E-state index in [0.717, 1.165) is 25.7 Å². The Morgan fingerprint density at radius 3 is 2.28 bits per heavy atom. The summed E-state index contributed by atoms with van der Waals surface area (Å²) < 4.78 is 12.7. The van der Waals surface area contributed by atoms with Gasteiger partial charge in [-0.1, -0.05) is 19.3 Å². The highest BCUT2D eigenvalue weighted by Gasteiger charge is 2.23. The summed E-state index contributed by atoms with van der Waals surface area (Å²) in [6, 6.07) is 5.37. The molecule has 2 nitrogen and oxygen atoms in total. The maximum absolute atomic E-state index is 12.7. The number of carbonyl (C=O) groups is 2. The molecule has 1 aliphatic carbocycles. The highest BCUT2D eigenvalue weighted by atomic mass is 19.1. The molecule has 0 heterocycles. The van der Waals surface area contributed by atoms with Crippen molar-refractivity contribution in [2.45, 2.75) is 38.5 Å². The number of Topliss-reactive ketones (excluding diaryl/α,β-unsaturated/α-hetero) is 2. The first-order valence-corrected chi connectivity index (χ1v) is 6.48. The number of rotatable bonds is 4. The Hall–Kier alpha value is -1.51. The van der Waals surface area contributed by atoms with E-state index in [1.54, 1.807) is 0 Å². The molecule has 0 N–H and O–H groups in total. The molecule has 1 fully saturated rings. The van der Waals surface area contributed by atoms with E-state index in [9.17, 15) is 14.0 Å². The van der Waals surface area contributed by atoms with E-state index in [4.69, 9.17) is 0 Å². The summed E-state index contributed by atoms with van der Waals surface area (Å²) in [5.74, 6) is -0.470. The predicted molar refractivity (Wildman–Crippen MR) is 66.9 cm³/mol. The average molecular weight is 248 g/mol. The van der Waals surface area contributed by atoms with Gasteiger partial charge >= 0.3 is 0 Å². The molecule has 0 spiro atoms. The Balaban J connectivity index is 1.94. The van der Waals surface area contributed by atoms with Crippen LogP contribution < -0.4 is 0 Å². The van der Waals surface area contributed by atoms with Crippen LogP contribution in [-0.2, 0) is 4.79 Å². The van der Waals surface area contributed by atoms with E-state index in [-0.39, 0.29) is 29.7 Å². The fraction of sp³-hybridized carbons (Fsp3) is 0.467. The van der Waals surface area contributed by atoms with Crippen molar-refractivity contribution in [2.24, 2.45) is 5.92 Å². The van der Waals surface area contributed by atoms with Gasteiger partial charge in [-0.3, -0.25) is 9.59 Å². The number of halogens is 1. The first-order chi connectivity index (χ1) is 8.66. The molecular formula is C15H17FO2. The van der Waals surface area contributed by atoms with Crippen molar-refractivity contribution in [3.63, 3.8) is 0 Å². The molecule has 0 amide bonds. The lowest BCUT2D eigenvalue weighted by Gasteiger charge is -2.19. The normalized spacial score (nSPS) is 16.5. The third-order valence-electron chi connectivity index (χ3n) is 3.56. The van der Waals surface area contributed by atoms with Gasteiger partial charge in [0.05, 0.1) is 6.42 Å². The third kappa shape index (κ3) is 3.25. The summed E-state index contributed by atoms with van der Waals surface area (Å²) in [7, 11) is 0. The molecule has 0 bridgehead atoms. The van der Waals surface area contributed by atoms with E-state index in [0.29, 0.717) is 5.56 Å². The van der Waals surface area contributed by atoms with Gasteiger partial charge in [0.25, 0.3) is 0 Å². The lowest BCUT2D eigenvalue weighted by molar-refractivity contribution is -0.122. The Morgan fingerprint density at radius 2 is 1.67 bits per heavy atom. The van der Waals surface area contributed by atoms with Crippen LogP contribution in [0.25, 0.3) is 0 Å². The smallest absolute Gasteiger partial charge is 0.170 e. The van der Waals surface area contributed by atoms with Gasteiger partial charge in [0.15, 0.2) is 5.78 Å². The standard InChI is InChI=1S/C15H17FO2/c16-13-8-6-12(7-9-13)15(18)10-14(17)11-4-2-1-3-5-11/h6-9,11H,1-5,10H2. The zero-order chi connectivity index (χ0) is 13.0. The quantitative estimate of drug-likeness (QED) is 0.603. The van der Waals surface area contributed by atoms with E-state index in [1.807, 2.05) is 0 Å². The molecule has 18 heavy (non-hydrogen) atoms. The molecule has 0 unspecified atom stereocenters. The summed E-state index contributed by atoms with van der Waals surface area (Å²) in [4.78, 5) is 23.8. The molecule has 0 aromatic heterocycles. The van der Waals surface area contributed by atoms with Gasteiger partial charge < -0.3 is 0 Å². The summed E-state index contributed by atoms with van der Waals surface area (Å²) in [6.45, 7) is 0. The van der Waals surface area contributed by atoms with Crippen molar-refractivity contribution in [2.75, 3.05) is 0 Å². The Morgan fingerprint density at radius 1 is 1.06 bits per heavy atom. The number of benzene rings is 1. The Labute approximate surface area is 106 Å². The minimum absolute atomic E-state index is 0.0453. The van der Waals surface area contributed by atoms with Crippen molar-refractivity contribution in [3.05, 3.63) is 35.6 Å². The van der Waals surface area contributed by atoms with Crippen LogP contribution in [0.1, 0.15) is 48.9 Å². The largest absolute Gasteiger partial charge is 0.299 e.